The monoisotopic (exact) mass is 222 g/mol. The van der Waals surface area contributed by atoms with E-state index in [1.165, 1.54) is 19.3 Å². The molecule has 2 rings (SSSR count). The topological polar surface area (TPSA) is 33.1 Å². The van der Waals surface area contributed by atoms with Gasteiger partial charge in [0, 0.05) is 25.3 Å². The van der Waals surface area contributed by atoms with Gasteiger partial charge in [-0.3, -0.25) is 0 Å². The highest BCUT2D eigenvalue weighted by Crippen LogP contribution is 2.38. The molecule has 1 heterocycles. The lowest BCUT2D eigenvalue weighted by Crippen LogP contribution is -2.53. The van der Waals surface area contributed by atoms with Crippen LogP contribution in [0.5, 0.6) is 0 Å². The third-order valence-electron chi connectivity index (χ3n) is 3.82. The maximum absolute atomic E-state index is 4.46. The summed E-state index contributed by atoms with van der Waals surface area (Å²) in [5.41, 5.74) is 1.43. The average molecular weight is 222 g/mol. The van der Waals surface area contributed by atoms with Gasteiger partial charge >= 0.3 is 0 Å². The highest BCUT2D eigenvalue weighted by atomic mass is 15.2. The highest BCUT2D eigenvalue weighted by molar-refractivity contribution is 5.28. The lowest BCUT2D eigenvalue weighted by Gasteiger charge is -2.47. The summed E-state index contributed by atoms with van der Waals surface area (Å²) in [6.45, 7) is 3.08. The van der Waals surface area contributed by atoms with E-state index in [2.05, 4.69) is 40.1 Å². The number of hydrogen-bond acceptors (Lipinski definition) is 3. The Labute approximate surface area is 97.7 Å². The molecule has 0 bridgehead atoms. The Kier molecular flexibility index (Phi) is 2.93. The predicted octanol–water partition coefficient (Wildman–Crippen LogP) is 1.72. The van der Waals surface area contributed by atoms with Crippen LogP contribution < -0.4 is 5.32 Å². The number of rotatable bonds is 4. The molecule has 90 valence electrons. The number of imidazole rings is 1. The summed E-state index contributed by atoms with van der Waals surface area (Å²) in [7, 11) is 6.30. The van der Waals surface area contributed by atoms with Crippen LogP contribution in [0.2, 0.25) is 0 Å². The Morgan fingerprint density at radius 2 is 2.19 bits per heavy atom. The third-order valence-corrected chi connectivity index (χ3v) is 3.82. The van der Waals surface area contributed by atoms with E-state index in [9.17, 15) is 0 Å². The van der Waals surface area contributed by atoms with Gasteiger partial charge in [0.15, 0.2) is 0 Å². The summed E-state index contributed by atoms with van der Waals surface area (Å²) in [6, 6.07) is 0. The normalized spacial score (nSPS) is 18.6. The maximum Gasteiger partial charge on any atom is 0.202 e. The van der Waals surface area contributed by atoms with Crippen LogP contribution in [-0.4, -0.2) is 41.1 Å². The van der Waals surface area contributed by atoms with Gasteiger partial charge in [-0.2, -0.15) is 0 Å². The first kappa shape index (κ1) is 11.5. The van der Waals surface area contributed by atoms with Crippen molar-refractivity contribution in [1.82, 2.24) is 14.5 Å². The fourth-order valence-corrected chi connectivity index (χ4v) is 2.52. The molecule has 16 heavy (non-hydrogen) atoms. The summed E-state index contributed by atoms with van der Waals surface area (Å²) in [4.78, 5) is 6.83. The van der Waals surface area contributed by atoms with Gasteiger partial charge in [-0.05, 0) is 40.3 Å². The van der Waals surface area contributed by atoms with Crippen molar-refractivity contribution in [3.05, 3.63) is 11.9 Å². The zero-order valence-corrected chi connectivity index (χ0v) is 10.7. The Balaban J connectivity index is 2.19. The zero-order chi connectivity index (χ0) is 11.8. The zero-order valence-electron chi connectivity index (χ0n) is 10.7. The molecule has 0 amide bonds. The standard InChI is InChI=1S/C12H22N4/c1-10-8-16(11(13-2)14-10)9-12(15(3)4)6-5-7-12/h8H,5-7,9H2,1-4H3,(H,13,14). The van der Waals surface area contributed by atoms with E-state index >= 15 is 0 Å². The molecule has 1 saturated carbocycles. The van der Waals surface area contributed by atoms with E-state index in [1.807, 2.05) is 14.0 Å². The third kappa shape index (κ3) is 1.82. The van der Waals surface area contributed by atoms with Crippen LogP contribution in [0.3, 0.4) is 0 Å². The molecule has 1 aliphatic rings. The van der Waals surface area contributed by atoms with Crippen LogP contribution in [0.15, 0.2) is 6.20 Å². The van der Waals surface area contributed by atoms with Crippen molar-refractivity contribution in [3.8, 4) is 0 Å². The van der Waals surface area contributed by atoms with Gasteiger partial charge in [0.05, 0.1) is 5.69 Å². The fraction of sp³-hybridized carbons (Fsp3) is 0.750. The van der Waals surface area contributed by atoms with Crippen molar-refractivity contribution in [2.24, 2.45) is 0 Å². The quantitative estimate of drug-likeness (QED) is 0.842. The number of anilines is 1. The van der Waals surface area contributed by atoms with E-state index in [-0.39, 0.29) is 0 Å². The largest absolute Gasteiger partial charge is 0.359 e. The number of nitrogens with one attached hydrogen (secondary N) is 1. The van der Waals surface area contributed by atoms with Gasteiger partial charge in [0.1, 0.15) is 0 Å². The van der Waals surface area contributed by atoms with Crippen LogP contribution in [0, 0.1) is 6.92 Å². The number of hydrogen-bond donors (Lipinski definition) is 1. The van der Waals surface area contributed by atoms with Crippen molar-refractivity contribution in [2.45, 2.75) is 38.3 Å². The molecule has 4 nitrogen and oxygen atoms in total. The van der Waals surface area contributed by atoms with Crippen molar-refractivity contribution in [1.29, 1.82) is 0 Å². The second kappa shape index (κ2) is 4.09. The van der Waals surface area contributed by atoms with E-state index in [4.69, 9.17) is 0 Å². The molecular weight excluding hydrogens is 200 g/mol. The molecular formula is C12H22N4. The van der Waals surface area contributed by atoms with Gasteiger partial charge in [-0.25, -0.2) is 4.98 Å². The molecule has 0 aromatic carbocycles. The van der Waals surface area contributed by atoms with Crippen LogP contribution in [0.25, 0.3) is 0 Å². The van der Waals surface area contributed by atoms with Crippen molar-refractivity contribution in [2.75, 3.05) is 26.5 Å². The van der Waals surface area contributed by atoms with Gasteiger partial charge in [0.2, 0.25) is 5.95 Å². The summed E-state index contributed by atoms with van der Waals surface area (Å²) >= 11 is 0. The van der Waals surface area contributed by atoms with Gasteiger partial charge in [0.25, 0.3) is 0 Å². The summed E-state index contributed by atoms with van der Waals surface area (Å²) < 4.78 is 2.24. The van der Waals surface area contributed by atoms with Crippen LogP contribution in [-0.2, 0) is 6.54 Å². The molecule has 0 radical (unpaired) electrons. The predicted molar refractivity (Wildman–Crippen MR) is 66.8 cm³/mol. The second-order valence-electron chi connectivity index (χ2n) is 5.06. The Morgan fingerprint density at radius 1 is 1.50 bits per heavy atom. The summed E-state index contributed by atoms with van der Waals surface area (Å²) in [5, 5.41) is 3.16. The summed E-state index contributed by atoms with van der Waals surface area (Å²) in [6.07, 6.45) is 6.07. The van der Waals surface area contributed by atoms with Gasteiger partial charge in [-0.15, -0.1) is 0 Å². The van der Waals surface area contributed by atoms with Crippen LogP contribution >= 0.6 is 0 Å². The molecule has 1 aromatic rings. The number of nitrogens with zero attached hydrogens (tertiary/aromatic N) is 3. The summed E-state index contributed by atoms with van der Waals surface area (Å²) in [5.74, 6) is 0.977. The van der Waals surface area contributed by atoms with E-state index in [0.717, 1.165) is 18.2 Å². The molecule has 1 aliphatic carbocycles. The first-order valence-electron chi connectivity index (χ1n) is 5.96. The second-order valence-corrected chi connectivity index (χ2v) is 5.06. The first-order valence-corrected chi connectivity index (χ1v) is 5.96. The molecule has 1 aromatic heterocycles. The lowest BCUT2D eigenvalue weighted by atomic mass is 9.75. The SMILES string of the molecule is CNc1nc(C)cn1CC1(N(C)C)CCC1. The highest BCUT2D eigenvalue weighted by Gasteiger charge is 2.39. The number of aryl methyl sites for hydroxylation is 1. The van der Waals surface area contributed by atoms with Crippen molar-refractivity contribution in [3.63, 3.8) is 0 Å². The smallest absolute Gasteiger partial charge is 0.202 e. The molecule has 0 aliphatic heterocycles. The Morgan fingerprint density at radius 3 is 2.62 bits per heavy atom. The molecule has 1 fully saturated rings. The van der Waals surface area contributed by atoms with Crippen LogP contribution in [0.4, 0.5) is 5.95 Å². The lowest BCUT2D eigenvalue weighted by molar-refractivity contribution is 0.0429. The van der Waals surface area contributed by atoms with Crippen LogP contribution in [0.1, 0.15) is 25.0 Å². The Bertz CT molecular complexity index is 363. The molecule has 0 saturated heterocycles. The van der Waals surface area contributed by atoms with Gasteiger partial charge in [-0.1, -0.05) is 0 Å². The van der Waals surface area contributed by atoms with Gasteiger partial charge < -0.3 is 14.8 Å². The molecule has 4 heteroatoms. The average Bonchev–Trinajstić information content (AvgIpc) is 2.51. The number of likely N-dealkylation sites (N-methyl/N-ethyl adjacent to an activating group) is 1. The van der Waals surface area contributed by atoms with Crippen molar-refractivity contribution >= 4 is 5.95 Å². The minimum Gasteiger partial charge on any atom is -0.359 e. The Hall–Kier alpha value is -1.03. The molecule has 0 atom stereocenters. The minimum absolute atomic E-state index is 0.346. The minimum atomic E-state index is 0.346. The fourth-order valence-electron chi connectivity index (χ4n) is 2.52. The van der Waals surface area contributed by atoms with E-state index in [0.29, 0.717) is 5.54 Å². The maximum atomic E-state index is 4.46. The van der Waals surface area contributed by atoms with E-state index in [1.54, 1.807) is 0 Å². The molecule has 0 spiro atoms. The first-order chi connectivity index (χ1) is 7.57. The molecule has 0 unspecified atom stereocenters. The van der Waals surface area contributed by atoms with E-state index < -0.39 is 0 Å². The van der Waals surface area contributed by atoms with Crippen molar-refractivity contribution < 1.29 is 0 Å². The number of aromatic nitrogens is 2. The molecule has 1 N–H and O–H groups in total.